The van der Waals surface area contributed by atoms with Crippen LogP contribution in [0.1, 0.15) is 25.3 Å². The minimum Gasteiger partial charge on any atom is -0.492 e. The highest BCUT2D eigenvalue weighted by Crippen LogP contribution is 2.28. The summed E-state index contributed by atoms with van der Waals surface area (Å²) in [6.07, 6.45) is 2.70. The summed E-state index contributed by atoms with van der Waals surface area (Å²) in [7, 11) is 0. The molecular formula is C16H23ClN2O. The Labute approximate surface area is 126 Å². The molecule has 3 aliphatic rings. The van der Waals surface area contributed by atoms with Gasteiger partial charge in [0.25, 0.3) is 0 Å². The topological polar surface area (TPSA) is 24.5 Å². The van der Waals surface area contributed by atoms with Crippen molar-refractivity contribution in [2.45, 2.75) is 32.4 Å². The molecule has 0 amide bonds. The number of ether oxygens (including phenoxy) is 1. The van der Waals surface area contributed by atoms with Gasteiger partial charge >= 0.3 is 0 Å². The molecule has 3 fully saturated rings. The number of hydrogen-bond acceptors (Lipinski definition) is 3. The number of piperidine rings is 3. The Bertz CT molecular complexity index is 458. The highest BCUT2D eigenvalue weighted by Gasteiger charge is 2.33. The Hall–Kier alpha value is -0.770. The molecule has 0 radical (unpaired) electrons. The van der Waals surface area contributed by atoms with E-state index >= 15 is 0 Å². The van der Waals surface area contributed by atoms with E-state index < -0.39 is 0 Å². The zero-order valence-corrected chi connectivity index (χ0v) is 12.8. The van der Waals surface area contributed by atoms with E-state index in [1.165, 1.54) is 38.0 Å². The van der Waals surface area contributed by atoms with Crippen LogP contribution in [0.2, 0.25) is 5.02 Å². The fourth-order valence-corrected chi connectivity index (χ4v) is 3.63. The maximum atomic E-state index is 6.23. The summed E-state index contributed by atoms with van der Waals surface area (Å²) in [4.78, 5) is 2.57. The quantitative estimate of drug-likeness (QED) is 0.904. The fraction of sp³-hybridized carbons (Fsp3) is 0.625. The van der Waals surface area contributed by atoms with Crippen LogP contribution in [0.5, 0.6) is 5.75 Å². The van der Waals surface area contributed by atoms with Crippen molar-refractivity contribution in [1.82, 2.24) is 10.2 Å². The number of nitrogens with one attached hydrogen (secondary N) is 1. The molecule has 1 N–H and O–H groups in total. The lowest BCUT2D eigenvalue weighted by Gasteiger charge is -2.45. The second-order valence-electron chi connectivity index (χ2n) is 5.82. The summed E-state index contributed by atoms with van der Waals surface area (Å²) in [5, 5.41) is 4.42. The van der Waals surface area contributed by atoms with E-state index in [2.05, 4.69) is 16.3 Å². The average Bonchev–Trinajstić information content (AvgIpc) is 2.49. The Morgan fingerprint density at radius 1 is 1.35 bits per heavy atom. The lowest BCUT2D eigenvalue weighted by atomic mass is 9.84. The van der Waals surface area contributed by atoms with Gasteiger partial charge in [-0.05, 0) is 56.5 Å². The molecule has 0 aromatic heterocycles. The van der Waals surface area contributed by atoms with Crippen LogP contribution in [-0.4, -0.2) is 37.2 Å². The van der Waals surface area contributed by atoms with Crippen molar-refractivity contribution in [3.63, 3.8) is 0 Å². The van der Waals surface area contributed by atoms with Crippen LogP contribution >= 0.6 is 11.6 Å². The van der Waals surface area contributed by atoms with E-state index in [1.807, 2.05) is 19.1 Å². The third-order valence-electron chi connectivity index (χ3n) is 4.52. The Morgan fingerprint density at radius 2 is 2.15 bits per heavy atom. The third-order valence-corrected chi connectivity index (χ3v) is 4.82. The van der Waals surface area contributed by atoms with Gasteiger partial charge in [-0.2, -0.15) is 0 Å². The highest BCUT2D eigenvalue weighted by molar-refractivity contribution is 6.32. The molecule has 4 heteroatoms. The number of benzene rings is 1. The molecule has 1 aromatic carbocycles. The smallest absolute Gasteiger partial charge is 0.137 e. The monoisotopic (exact) mass is 294 g/mol. The van der Waals surface area contributed by atoms with E-state index in [9.17, 15) is 0 Å². The first-order chi connectivity index (χ1) is 9.76. The van der Waals surface area contributed by atoms with Gasteiger partial charge in [-0.3, -0.25) is 0 Å². The zero-order valence-electron chi connectivity index (χ0n) is 12.1. The summed E-state index contributed by atoms with van der Waals surface area (Å²) in [6.45, 7) is 7.29. The first kappa shape index (κ1) is 14.2. The van der Waals surface area contributed by atoms with E-state index in [0.717, 1.165) is 18.2 Å². The second-order valence-corrected chi connectivity index (χ2v) is 6.23. The predicted octanol–water partition coefficient (Wildman–Crippen LogP) is 2.92. The van der Waals surface area contributed by atoms with Crippen molar-refractivity contribution < 1.29 is 4.74 Å². The van der Waals surface area contributed by atoms with Crippen LogP contribution in [0.25, 0.3) is 0 Å². The summed E-state index contributed by atoms with van der Waals surface area (Å²) in [6, 6.07) is 6.73. The van der Waals surface area contributed by atoms with Crippen molar-refractivity contribution in [3.05, 3.63) is 28.8 Å². The molecule has 0 saturated carbocycles. The molecule has 3 heterocycles. The Kier molecular flexibility index (Phi) is 4.49. The number of rotatable bonds is 5. The molecule has 1 aromatic rings. The first-order valence-corrected chi connectivity index (χ1v) is 8.01. The molecule has 3 aliphatic heterocycles. The van der Waals surface area contributed by atoms with Gasteiger partial charge in [-0.25, -0.2) is 0 Å². The van der Waals surface area contributed by atoms with Gasteiger partial charge in [-0.1, -0.05) is 17.7 Å². The van der Waals surface area contributed by atoms with Crippen LogP contribution in [0.15, 0.2) is 18.2 Å². The molecule has 3 nitrogen and oxygen atoms in total. The maximum Gasteiger partial charge on any atom is 0.137 e. The molecule has 0 aliphatic carbocycles. The van der Waals surface area contributed by atoms with Gasteiger partial charge in [0, 0.05) is 19.1 Å². The van der Waals surface area contributed by atoms with Crippen LogP contribution in [0.3, 0.4) is 0 Å². The van der Waals surface area contributed by atoms with Gasteiger partial charge in [0.1, 0.15) is 5.75 Å². The Morgan fingerprint density at radius 3 is 2.75 bits per heavy atom. The minimum atomic E-state index is 0.642. The maximum absolute atomic E-state index is 6.23. The molecule has 4 rings (SSSR count). The number of halogens is 1. The standard InChI is InChI=1S/C16H23ClN2O/c1-2-20-16-4-3-12(9-14(16)17)10-18-15-11-19-7-5-13(15)6-8-19/h3-4,9,13,15,18H,2,5-8,10-11H2,1H3/t15-/m1/s1. The van der Waals surface area contributed by atoms with Crippen molar-refractivity contribution in [3.8, 4) is 5.75 Å². The molecule has 1 atom stereocenters. The molecule has 0 unspecified atom stereocenters. The van der Waals surface area contributed by atoms with Crippen LogP contribution in [0.4, 0.5) is 0 Å². The van der Waals surface area contributed by atoms with E-state index in [-0.39, 0.29) is 0 Å². The Balaban J connectivity index is 1.57. The summed E-state index contributed by atoms with van der Waals surface area (Å²) < 4.78 is 5.47. The number of hydrogen-bond donors (Lipinski definition) is 1. The average molecular weight is 295 g/mol. The number of fused-ring (bicyclic) bond motifs is 3. The largest absolute Gasteiger partial charge is 0.492 e. The summed E-state index contributed by atoms with van der Waals surface area (Å²) in [5.74, 6) is 1.64. The van der Waals surface area contributed by atoms with Crippen molar-refractivity contribution >= 4 is 11.6 Å². The molecule has 2 bridgehead atoms. The van der Waals surface area contributed by atoms with Crippen LogP contribution < -0.4 is 10.1 Å². The molecule has 20 heavy (non-hydrogen) atoms. The van der Waals surface area contributed by atoms with Crippen molar-refractivity contribution in [2.75, 3.05) is 26.2 Å². The molecule has 110 valence electrons. The third kappa shape index (κ3) is 3.11. The lowest BCUT2D eigenvalue weighted by Crippen LogP contribution is -2.55. The lowest BCUT2D eigenvalue weighted by molar-refractivity contribution is 0.0720. The molecular weight excluding hydrogens is 272 g/mol. The predicted molar refractivity (Wildman–Crippen MR) is 82.4 cm³/mol. The van der Waals surface area contributed by atoms with E-state index in [0.29, 0.717) is 17.7 Å². The van der Waals surface area contributed by atoms with Crippen molar-refractivity contribution in [1.29, 1.82) is 0 Å². The van der Waals surface area contributed by atoms with Crippen LogP contribution in [-0.2, 0) is 6.54 Å². The minimum absolute atomic E-state index is 0.642. The van der Waals surface area contributed by atoms with Crippen LogP contribution in [0, 0.1) is 5.92 Å². The first-order valence-electron chi connectivity index (χ1n) is 7.63. The van der Waals surface area contributed by atoms with Gasteiger partial charge in [-0.15, -0.1) is 0 Å². The summed E-state index contributed by atoms with van der Waals surface area (Å²) in [5.41, 5.74) is 1.23. The van der Waals surface area contributed by atoms with Gasteiger partial charge in [0.2, 0.25) is 0 Å². The zero-order chi connectivity index (χ0) is 13.9. The van der Waals surface area contributed by atoms with E-state index in [4.69, 9.17) is 16.3 Å². The van der Waals surface area contributed by atoms with Crippen molar-refractivity contribution in [2.24, 2.45) is 5.92 Å². The van der Waals surface area contributed by atoms with Gasteiger partial charge < -0.3 is 15.0 Å². The van der Waals surface area contributed by atoms with Gasteiger partial charge in [0.05, 0.1) is 11.6 Å². The second kappa shape index (κ2) is 6.33. The fourth-order valence-electron chi connectivity index (χ4n) is 3.37. The SMILES string of the molecule is CCOc1ccc(CN[C@@H]2CN3CCC2CC3)cc1Cl. The van der Waals surface area contributed by atoms with E-state index in [1.54, 1.807) is 0 Å². The van der Waals surface area contributed by atoms with Gasteiger partial charge in [0.15, 0.2) is 0 Å². The number of nitrogens with zero attached hydrogens (tertiary/aromatic N) is 1. The highest BCUT2D eigenvalue weighted by atomic mass is 35.5. The molecule has 3 saturated heterocycles. The molecule has 0 spiro atoms. The summed E-state index contributed by atoms with van der Waals surface area (Å²) >= 11 is 6.23. The normalized spacial score (nSPS) is 28.6.